The van der Waals surface area contributed by atoms with E-state index in [9.17, 15) is 14.4 Å². The summed E-state index contributed by atoms with van der Waals surface area (Å²) in [5, 5.41) is 0. The molecular weight excluding hydrogens is 869 g/mol. The summed E-state index contributed by atoms with van der Waals surface area (Å²) in [4.78, 5) is 43.8. The van der Waals surface area contributed by atoms with Crippen LogP contribution >= 0.6 is 0 Å². The van der Waals surface area contributed by atoms with E-state index >= 15 is 0 Å². The van der Waals surface area contributed by atoms with Crippen molar-refractivity contribution in [3.63, 3.8) is 0 Å². The molecule has 0 atom stereocenters. The summed E-state index contributed by atoms with van der Waals surface area (Å²) in [6.45, 7) is 13.9. The zero-order valence-corrected chi connectivity index (χ0v) is 48.2. The largest absolute Gasteiger partial charge is 0.462 e. The molecule has 0 saturated carbocycles. The predicted octanol–water partition coefficient (Wildman–Crippen LogP) is 19.2. The molecule has 0 aromatic carbocycles. The van der Waals surface area contributed by atoms with Gasteiger partial charge in [-0.25, -0.2) is 4.79 Å². The Morgan fingerprint density at radius 1 is 0.300 bits per heavy atom. The summed E-state index contributed by atoms with van der Waals surface area (Å²) < 4.78 is 18.5. The van der Waals surface area contributed by atoms with Crippen molar-refractivity contribution >= 4 is 18.0 Å². The van der Waals surface area contributed by atoms with Gasteiger partial charge in [0.05, 0.1) is 0 Å². The zero-order valence-electron chi connectivity index (χ0n) is 48.2. The molecule has 0 aliphatic heterocycles. The molecule has 8 heteroatoms. The lowest BCUT2D eigenvalue weighted by Gasteiger charge is -2.26. The summed E-state index contributed by atoms with van der Waals surface area (Å²) in [5.74, 6) is -0.000388. The molecular formula is C62H122N2O6. The van der Waals surface area contributed by atoms with E-state index in [2.05, 4.69) is 53.6 Å². The fourth-order valence-electron chi connectivity index (χ4n) is 9.85. The zero-order chi connectivity index (χ0) is 51.4. The Bertz CT molecular complexity index is 1040. The molecule has 8 nitrogen and oxygen atoms in total. The summed E-state index contributed by atoms with van der Waals surface area (Å²) in [7, 11) is 4.24. The second-order valence-electron chi connectivity index (χ2n) is 21.9. The summed E-state index contributed by atoms with van der Waals surface area (Å²) in [6.07, 6.45) is 51.6. The Labute approximate surface area is 436 Å². The monoisotopic (exact) mass is 991 g/mol. The Morgan fingerprint density at radius 2 is 0.543 bits per heavy atom. The van der Waals surface area contributed by atoms with Crippen molar-refractivity contribution < 1.29 is 28.6 Å². The number of rotatable bonds is 55. The van der Waals surface area contributed by atoms with Gasteiger partial charge in [0.2, 0.25) is 0 Å². The average Bonchev–Trinajstić information content (AvgIpc) is 3.34. The number of unbranched alkanes of at least 4 members (excludes halogenated alkanes) is 30. The van der Waals surface area contributed by atoms with Crippen LogP contribution in [-0.4, -0.2) is 79.9 Å². The van der Waals surface area contributed by atoms with Gasteiger partial charge in [0, 0.05) is 25.9 Å². The van der Waals surface area contributed by atoms with Gasteiger partial charge in [-0.1, -0.05) is 208 Å². The highest BCUT2D eigenvalue weighted by atomic mass is 16.6. The number of carbonyl (C=O) groups excluding carboxylic acids is 3. The lowest BCUT2D eigenvalue weighted by molar-refractivity contribution is -0.151. The van der Waals surface area contributed by atoms with Gasteiger partial charge in [0.1, 0.15) is 18.3 Å². The van der Waals surface area contributed by atoms with Crippen LogP contribution in [0.2, 0.25) is 0 Å². The number of carbonyl (C=O) groups is 3. The van der Waals surface area contributed by atoms with Gasteiger partial charge in [-0.05, 0) is 130 Å². The number of nitrogens with zero attached hydrogens (tertiary/aromatic N) is 2. The first-order chi connectivity index (χ1) is 34.2. The van der Waals surface area contributed by atoms with Crippen LogP contribution in [0.5, 0.6) is 0 Å². The second kappa shape index (κ2) is 53.5. The Balaban J connectivity index is 5.13. The fraction of sp³-hybridized carbons (Fsp3) is 0.952. The Hall–Kier alpha value is -1.83. The number of esters is 2. The maximum absolute atomic E-state index is 13.9. The van der Waals surface area contributed by atoms with Crippen molar-refractivity contribution in [3.8, 4) is 0 Å². The van der Waals surface area contributed by atoms with Crippen molar-refractivity contribution in [2.75, 3.05) is 33.7 Å². The van der Waals surface area contributed by atoms with E-state index in [1.165, 1.54) is 122 Å². The van der Waals surface area contributed by atoms with E-state index in [0.29, 0.717) is 12.8 Å². The van der Waals surface area contributed by atoms with Crippen molar-refractivity contribution in [1.82, 2.24) is 9.80 Å². The number of hydrogen-bond acceptors (Lipinski definition) is 7. The van der Waals surface area contributed by atoms with Gasteiger partial charge in [-0.2, -0.15) is 0 Å². The molecule has 70 heavy (non-hydrogen) atoms. The third kappa shape index (κ3) is 47.2. The molecule has 0 unspecified atom stereocenters. The Kier molecular flexibility index (Phi) is 52.1. The van der Waals surface area contributed by atoms with Crippen LogP contribution in [0.3, 0.4) is 0 Å². The highest BCUT2D eigenvalue weighted by Crippen LogP contribution is 2.22. The molecule has 0 aromatic heterocycles. The minimum atomic E-state index is -0.107. The van der Waals surface area contributed by atoms with Crippen molar-refractivity contribution in [3.05, 3.63) is 0 Å². The minimum absolute atomic E-state index is 0.000194. The molecule has 0 fully saturated rings. The van der Waals surface area contributed by atoms with Gasteiger partial charge >= 0.3 is 18.0 Å². The molecule has 416 valence electrons. The third-order valence-corrected chi connectivity index (χ3v) is 14.5. The van der Waals surface area contributed by atoms with Crippen LogP contribution in [0.15, 0.2) is 0 Å². The Morgan fingerprint density at radius 3 is 0.871 bits per heavy atom. The van der Waals surface area contributed by atoms with Gasteiger partial charge in [-0.15, -0.1) is 0 Å². The fourth-order valence-corrected chi connectivity index (χ4v) is 9.85. The molecule has 0 saturated heterocycles. The van der Waals surface area contributed by atoms with Gasteiger partial charge < -0.3 is 24.0 Å². The van der Waals surface area contributed by atoms with Crippen molar-refractivity contribution in [2.24, 2.45) is 0 Å². The molecule has 0 rings (SSSR count). The van der Waals surface area contributed by atoms with Crippen molar-refractivity contribution in [1.29, 1.82) is 0 Å². The maximum atomic E-state index is 13.9. The van der Waals surface area contributed by atoms with E-state index in [1.807, 2.05) is 4.90 Å². The van der Waals surface area contributed by atoms with Crippen LogP contribution < -0.4 is 0 Å². The first kappa shape index (κ1) is 68.2. The van der Waals surface area contributed by atoms with E-state index in [4.69, 9.17) is 14.2 Å². The van der Waals surface area contributed by atoms with Crippen LogP contribution in [0.1, 0.15) is 330 Å². The molecule has 0 bridgehead atoms. The lowest BCUT2D eigenvalue weighted by Crippen LogP contribution is -2.36. The van der Waals surface area contributed by atoms with Gasteiger partial charge in [-0.3, -0.25) is 9.59 Å². The first-order valence-corrected chi connectivity index (χ1v) is 31.2. The van der Waals surface area contributed by atoms with Crippen LogP contribution in [-0.2, 0) is 23.8 Å². The summed E-state index contributed by atoms with van der Waals surface area (Å²) in [5.41, 5.74) is 0. The topological polar surface area (TPSA) is 85.4 Å². The third-order valence-electron chi connectivity index (χ3n) is 14.5. The quantitative estimate of drug-likeness (QED) is 0.0341. The highest BCUT2D eigenvalue weighted by molar-refractivity contribution is 5.70. The molecule has 0 spiro atoms. The smallest absolute Gasteiger partial charge is 0.410 e. The van der Waals surface area contributed by atoms with Gasteiger partial charge in [0.15, 0.2) is 0 Å². The normalized spacial score (nSPS) is 11.7. The van der Waals surface area contributed by atoms with Crippen molar-refractivity contribution in [2.45, 2.75) is 348 Å². The van der Waals surface area contributed by atoms with E-state index in [0.717, 1.165) is 180 Å². The molecule has 0 aromatic rings. The van der Waals surface area contributed by atoms with Gasteiger partial charge in [0.25, 0.3) is 0 Å². The lowest BCUT2D eigenvalue weighted by atomic mass is 10.0. The molecule has 0 aliphatic carbocycles. The summed E-state index contributed by atoms with van der Waals surface area (Å²) >= 11 is 0. The number of hydrogen-bond donors (Lipinski definition) is 0. The minimum Gasteiger partial charge on any atom is -0.462 e. The van der Waals surface area contributed by atoms with E-state index in [-0.39, 0.29) is 36.3 Å². The second-order valence-corrected chi connectivity index (χ2v) is 21.9. The SMILES string of the molecule is CCCCCCCCCCN(CCCCN(C)C)C(=O)OC(CCCCCCCCC(=O)OC(CCCCCC)CCCCCC)CCCCCCCCC(=O)OC(CCCCCC)CCCCCC. The molecule has 0 radical (unpaired) electrons. The average molecular weight is 992 g/mol. The van der Waals surface area contributed by atoms with Crippen LogP contribution in [0, 0.1) is 0 Å². The number of amides is 1. The standard InChI is InChI=1S/C62H122N2O6/c1-8-13-18-23-24-29-34-43-55-64(56-45-44-54-63(6)7)62(67)70-59(50-39-30-25-27-32-41-52-60(65)68-57(46-35-19-14-9-2)47-36-20-15-10-3)51-40-31-26-28-33-42-53-61(66)69-58(48-37-21-16-11-4)49-38-22-17-12-5/h57-59H,8-56H2,1-7H3. The molecule has 0 heterocycles. The van der Waals surface area contributed by atoms with Crippen LogP contribution in [0.25, 0.3) is 0 Å². The maximum Gasteiger partial charge on any atom is 0.410 e. The highest BCUT2D eigenvalue weighted by Gasteiger charge is 2.21. The van der Waals surface area contributed by atoms with E-state index < -0.39 is 0 Å². The molecule has 0 aliphatic rings. The molecule has 1 amide bonds. The first-order valence-electron chi connectivity index (χ1n) is 31.2. The van der Waals surface area contributed by atoms with Crippen LogP contribution in [0.4, 0.5) is 4.79 Å². The number of ether oxygens (including phenoxy) is 3. The summed E-state index contributed by atoms with van der Waals surface area (Å²) in [6, 6.07) is 0. The van der Waals surface area contributed by atoms with E-state index in [1.54, 1.807) is 0 Å². The molecule has 0 N–H and O–H groups in total. The predicted molar refractivity (Wildman–Crippen MR) is 301 cm³/mol.